The summed E-state index contributed by atoms with van der Waals surface area (Å²) in [5, 5.41) is 13.1. The number of carboxylic acids is 1. The van der Waals surface area contributed by atoms with Gasteiger partial charge in [-0.15, -0.1) is 0 Å². The lowest BCUT2D eigenvalue weighted by Crippen LogP contribution is -2.60. The van der Waals surface area contributed by atoms with Crippen LogP contribution in [0.2, 0.25) is 0 Å². The van der Waals surface area contributed by atoms with E-state index < -0.39 is 11.5 Å². The first-order valence-corrected chi connectivity index (χ1v) is 8.72. The van der Waals surface area contributed by atoms with Gasteiger partial charge in [0.15, 0.2) is 0 Å². The maximum absolute atomic E-state index is 11.9. The number of aliphatic carboxylic acids is 1. The molecule has 4 heteroatoms. The van der Waals surface area contributed by atoms with Crippen LogP contribution in [0.15, 0.2) is 0 Å². The van der Waals surface area contributed by atoms with E-state index >= 15 is 0 Å². The minimum atomic E-state index is -0.693. The van der Waals surface area contributed by atoms with Gasteiger partial charge in [-0.05, 0) is 70.9 Å². The zero-order valence-corrected chi connectivity index (χ0v) is 13.9. The molecular weight excluding hydrogens is 264 g/mol. The predicted octanol–water partition coefficient (Wildman–Crippen LogP) is 2.87. The standard InChI is InChI=1S/C17H32N2O2/c1-4-9-18-17(16(20)21)8-5-6-15(12-17)19-10-7-13(2)11-14(19)3/h13-15,18H,4-12H2,1-3H3,(H,20,21). The summed E-state index contributed by atoms with van der Waals surface area (Å²) in [4.78, 5) is 14.5. The molecule has 0 aromatic rings. The van der Waals surface area contributed by atoms with Crippen LogP contribution in [0.1, 0.15) is 65.7 Å². The number of likely N-dealkylation sites (tertiary alicyclic amines) is 1. The molecule has 4 nitrogen and oxygen atoms in total. The summed E-state index contributed by atoms with van der Waals surface area (Å²) in [6, 6.07) is 1.02. The summed E-state index contributed by atoms with van der Waals surface area (Å²) in [5.74, 6) is 0.154. The van der Waals surface area contributed by atoms with E-state index in [0.717, 1.165) is 51.1 Å². The molecule has 2 N–H and O–H groups in total. The molecule has 0 bridgehead atoms. The molecule has 21 heavy (non-hydrogen) atoms. The molecule has 2 fully saturated rings. The number of hydrogen-bond donors (Lipinski definition) is 2. The molecule has 0 aromatic heterocycles. The van der Waals surface area contributed by atoms with Gasteiger partial charge in [0, 0.05) is 12.1 Å². The Labute approximate surface area is 129 Å². The molecule has 2 rings (SSSR count). The number of carbonyl (C=O) groups is 1. The van der Waals surface area contributed by atoms with Crippen LogP contribution < -0.4 is 5.32 Å². The number of rotatable bonds is 5. The summed E-state index contributed by atoms with van der Waals surface area (Å²) >= 11 is 0. The van der Waals surface area contributed by atoms with E-state index in [1.165, 1.54) is 12.8 Å². The fourth-order valence-electron chi connectivity index (χ4n) is 4.29. The maximum Gasteiger partial charge on any atom is 0.323 e. The number of carboxylic acid groups (broad SMARTS) is 1. The van der Waals surface area contributed by atoms with E-state index in [4.69, 9.17) is 0 Å². The fraction of sp³-hybridized carbons (Fsp3) is 0.941. The normalized spacial score (nSPS) is 38.3. The van der Waals surface area contributed by atoms with Crippen LogP contribution in [-0.4, -0.2) is 46.7 Å². The SMILES string of the molecule is CCCNC1(C(=O)O)CCCC(N2CCC(C)CC2C)C1. The molecule has 4 unspecified atom stereocenters. The van der Waals surface area contributed by atoms with Gasteiger partial charge in [0.05, 0.1) is 0 Å². The van der Waals surface area contributed by atoms with Crippen molar-refractivity contribution >= 4 is 5.97 Å². The van der Waals surface area contributed by atoms with Crippen molar-refractivity contribution in [3.05, 3.63) is 0 Å². The Kier molecular flexibility index (Phi) is 5.67. The average Bonchev–Trinajstić information content (AvgIpc) is 2.45. The zero-order chi connectivity index (χ0) is 15.5. The second kappa shape index (κ2) is 7.10. The van der Waals surface area contributed by atoms with Gasteiger partial charge in [0.1, 0.15) is 5.54 Å². The van der Waals surface area contributed by atoms with Crippen molar-refractivity contribution < 1.29 is 9.90 Å². The van der Waals surface area contributed by atoms with Crippen LogP contribution in [0.5, 0.6) is 0 Å². The summed E-state index contributed by atoms with van der Waals surface area (Å²) in [7, 11) is 0. The number of piperidine rings is 1. The van der Waals surface area contributed by atoms with Gasteiger partial charge in [-0.2, -0.15) is 0 Å². The first-order chi connectivity index (χ1) is 9.98. The van der Waals surface area contributed by atoms with Crippen molar-refractivity contribution in [3.8, 4) is 0 Å². The second-order valence-corrected chi connectivity index (χ2v) is 7.28. The largest absolute Gasteiger partial charge is 0.480 e. The third kappa shape index (κ3) is 3.78. The van der Waals surface area contributed by atoms with Crippen LogP contribution in [-0.2, 0) is 4.79 Å². The Morgan fingerprint density at radius 2 is 2.14 bits per heavy atom. The second-order valence-electron chi connectivity index (χ2n) is 7.28. The van der Waals surface area contributed by atoms with Crippen molar-refractivity contribution in [1.82, 2.24) is 10.2 Å². The van der Waals surface area contributed by atoms with Crippen LogP contribution in [0, 0.1) is 5.92 Å². The number of hydrogen-bond acceptors (Lipinski definition) is 3. The van der Waals surface area contributed by atoms with Crippen LogP contribution in [0.4, 0.5) is 0 Å². The fourth-order valence-corrected chi connectivity index (χ4v) is 4.29. The molecule has 0 spiro atoms. The molecule has 1 aliphatic heterocycles. The lowest BCUT2D eigenvalue weighted by molar-refractivity contribution is -0.148. The Morgan fingerprint density at radius 1 is 1.38 bits per heavy atom. The molecule has 0 aromatic carbocycles. The van der Waals surface area contributed by atoms with Crippen molar-refractivity contribution in [2.24, 2.45) is 5.92 Å². The molecule has 1 saturated heterocycles. The molecular formula is C17H32N2O2. The summed E-state index contributed by atoms with van der Waals surface area (Å²) in [6.45, 7) is 8.67. The van der Waals surface area contributed by atoms with Crippen LogP contribution in [0.3, 0.4) is 0 Å². The van der Waals surface area contributed by atoms with E-state index in [1.807, 2.05) is 0 Å². The van der Waals surface area contributed by atoms with E-state index in [1.54, 1.807) is 0 Å². The smallest absolute Gasteiger partial charge is 0.323 e. The molecule has 1 aliphatic carbocycles. The molecule has 0 radical (unpaired) electrons. The lowest BCUT2D eigenvalue weighted by Gasteiger charge is -2.47. The molecule has 0 amide bonds. The van der Waals surface area contributed by atoms with Crippen LogP contribution >= 0.6 is 0 Å². The third-order valence-electron chi connectivity index (χ3n) is 5.51. The lowest BCUT2D eigenvalue weighted by atomic mass is 9.77. The monoisotopic (exact) mass is 296 g/mol. The molecule has 1 heterocycles. The summed E-state index contributed by atoms with van der Waals surface area (Å²) in [6.07, 6.45) is 7.20. The van der Waals surface area contributed by atoms with E-state index in [-0.39, 0.29) is 0 Å². The van der Waals surface area contributed by atoms with Gasteiger partial charge in [0.25, 0.3) is 0 Å². The summed E-state index contributed by atoms with van der Waals surface area (Å²) in [5.41, 5.74) is -0.693. The van der Waals surface area contributed by atoms with Gasteiger partial charge >= 0.3 is 5.97 Å². The number of nitrogens with zero attached hydrogens (tertiary/aromatic N) is 1. The van der Waals surface area contributed by atoms with Gasteiger partial charge < -0.3 is 10.4 Å². The highest BCUT2D eigenvalue weighted by molar-refractivity contribution is 5.79. The van der Waals surface area contributed by atoms with Crippen molar-refractivity contribution in [2.45, 2.75) is 83.3 Å². The van der Waals surface area contributed by atoms with E-state index in [2.05, 4.69) is 31.0 Å². The van der Waals surface area contributed by atoms with Crippen molar-refractivity contribution in [3.63, 3.8) is 0 Å². The van der Waals surface area contributed by atoms with Gasteiger partial charge in [0.2, 0.25) is 0 Å². The highest BCUT2D eigenvalue weighted by atomic mass is 16.4. The summed E-state index contributed by atoms with van der Waals surface area (Å²) < 4.78 is 0. The topological polar surface area (TPSA) is 52.6 Å². The molecule has 4 atom stereocenters. The highest BCUT2D eigenvalue weighted by Gasteiger charge is 2.44. The minimum Gasteiger partial charge on any atom is -0.480 e. The first kappa shape index (κ1) is 16.8. The Balaban J connectivity index is 2.06. The Hall–Kier alpha value is -0.610. The maximum atomic E-state index is 11.9. The molecule has 2 aliphatic rings. The van der Waals surface area contributed by atoms with E-state index in [0.29, 0.717) is 12.1 Å². The van der Waals surface area contributed by atoms with Gasteiger partial charge in [-0.25, -0.2) is 0 Å². The third-order valence-corrected chi connectivity index (χ3v) is 5.51. The predicted molar refractivity (Wildman–Crippen MR) is 85.5 cm³/mol. The van der Waals surface area contributed by atoms with Gasteiger partial charge in [-0.1, -0.05) is 13.8 Å². The van der Waals surface area contributed by atoms with E-state index in [9.17, 15) is 9.90 Å². The van der Waals surface area contributed by atoms with Crippen molar-refractivity contribution in [1.29, 1.82) is 0 Å². The molecule has 122 valence electrons. The minimum absolute atomic E-state index is 0.432. The van der Waals surface area contributed by atoms with Crippen LogP contribution in [0.25, 0.3) is 0 Å². The quantitative estimate of drug-likeness (QED) is 0.819. The first-order valence-electron chi connectivity index (χ1n) is 8.72. The zero-order valence-electron chi connectivity index (χ0n) is 13.9. The molecule has 1 saturated carbocycles. The highest BCUT2D eigenvalue weighted by Crippen LogP contribution is 2.35. The average molecular weight is 296 g/mol. The van der Waals surface area contributed by atoms with Gasteiger partial charge in [-0.3, -0.25) is 9.69 Å². The van der Waals surface area contributed by atoms with Crippen molar-refractivity contribution in [2.75, 3.05) is 13.1 Å². The Bertz CT molecular complexity index is 361. The number of nitrogens with one attached hydrogen (secondary N) is 1. The Morgan fingerprint density at radius 3 is 2.76 bits per heavy atom.